The summed E-state index contributed by atoms with van der Waals surface area (Å²) < 4.78 is 0. The van der Waals surface area contributed by atoms with E-state index in [2.05, 4.69) is 15.6 Å². The highest BCUT2D eigenvalue weighted by molar-refractivity contribution is 5.76. The Balaban J connectivity index is 1.73. The number of nitrogens with zero attached hydrogens (tertiary/aromatic N) is 2. The van der Waals surface area contributed by atoms with Gasteiger partial charge >= 0.3 is 6.03 Å². The third kappa shape index (κ3) is 5.00. The summed E-state index contributed by atoms with van der Waals surface area (Å²) in [6, 6.07) is 3.66. The third-order valence-corrected chi connectivity index (χ3v) is 3.86. The van der Waals surface area contributed by atoms with Crippen LogP contribution in [0, 0.1) is 0 Å². The molecular formula is C15H23N5O2. The average Bonchev–Trinajstić information content (AvgIpc) is 2.49. The minimum Gasteiger partial charge on any atom is -0.369 e. The first-order chi connectivity index (χ1) is 10.5. The Morgan fingerprint density at radius 2 is 2.00 bits per heavy atom. The predicted molar refractivity (Wildman–Crippen MR) is 83.0 cm³/mol. The lowest BCUT2D eigenvalue weighted by molar-refractivity contribution is -0.119. The van der Waals surface area contributed by atoms with Crippen molar-refractivity contribution in [1.82, 2.24) is 20.5 Å². The summed E-state index contributed by atoms with van der Waals surface area (Å²) in [5.74, 6) is -0.310. The minimum absolute atomic E-state index is 0.0713. The summed E-state index contributed by atoms with van der Waals surface area (Å²) in [5.41, 5.74) is 6.20. The molecule has 0 aromatic carbocycles. The topological polar surface area (TPSA) is 100 Å². The van der Waals surface area contributed by atoms with Gasteiger partial charge < -0.3 is 16.4 Å². The zero-order chi connectivity index (χ0) is 15.9. The number of nitrogens with two attached hydrogens (primary N) is 1. The fraction of sp³-hybridized carbons (Fsp3) is 0.533. The van der Waals surface area contributed by atoms with E-state index in [-0.39, 0.29) is 30.6 Å². The summed E-state index contributed by atoms with van der Waals surface area (Å²) in [6.45, 7) is 3.77. The van der Waals surface area contributed by atoms with Crippen LogP contribution in [0.4, 0.5) is 4.79 Å². The fourth-order valence-electron chi connectivity index (χ4n) is 2.61. The van der Waals surface area contributed by atoms with E-state index >= 15 is 0 Å². The number of hydrogen-bond acceptors (Lipinski definition) is 4. The lowest BCUT2D eigenvalue weighted by Crippen LogP contribution is -2.49. The van der Waals surface area contributed by atoms with E-state index in [9.17, 15) is 9.59 Å². The van der Waals surface area contributed by atoms with Gasteiger partial charge in [0.15, 0.2) is 0 Å². The number of primary amides is 1. The van der Waals surface area contributed by atoms with Crippen LogP contribution >= 0.6 is 0 Å². The molecule has 1 aliphatic heterocycles. The lowest BCUT2D eigenvalue weighted by atomic mass is 10.1. The van der Waals surface area contributed by atoms with E-state index in [1.54, 1.807) is 12.4 Å². The largest absolute Gasteiger partial charge is 0.369 e. The molecule has 1 aromatic rings. The van der Waals surface area contributed by atoms with Crippen molar-refractivity contribution in [1.29, 1.82) is 0 Å². The molecular weight excluding hydrogens is 282 g/mol. The number of amides is 3. The number of hydrogen-bond donors (Lipinski definition) is 3. The molecule has 7 heteroatoms. The van der Waals surface area contributed by atoms with Crippen molar-refractivity contribution in [2.24, 2.45) is 5.73 Å². The molecule has 0 bridgehead atoms. The Kier molecular flexibility index (Phi) is 5.71. The van der Waals surface area contributed by atoms with Gasteiger partial charge in [0.25, 0.3) is 0 Å². The quantitative estimate of drug-likeness (QED) is 0.732. The highest BCUT2D eigenvalue weighted by Crippen LogP contribution is 2.12. The molecule has 1 atom stereocenters. The summed E-state index contributed by atoms with van der Waals surface area (Å²) >= 11 is 0. The van der Waals surface area contributed by atoms with E-state index in [0.717, 1.165) is 31.5 Å². The number of carbonyl (C=O) groups is 2. The number of piperidine rings is 1. The molecule has 2 rings (SSSR count). The number of pyridine rings is 1. The number of aromatic nitrogens is 1. The van der Waals surface area contributed by atoms with Gasteiger partial charge in [0, 0.05) is 31.5 Å². The number of likely N-dealkylation sites (tertiary alicyclic amines) is 1. The van der Waals surface area contributed by atoms with Crippen molar-refractivity contribution in [3.63, 3.8) is 0 Å². The van der Waals surface area contributed by atoms with Crippen LogP contribution in [0.15, 0.2) is 24.5 Å². The first kappa shape index (κ1) is 16.2. The summed E-state index contributed by atoms with van der Waals surface area (Å²) in [6.07, 6.45) is 5.06. The van der Waals surface area contributed by atoms with Gasteiger partial charge in [-0.15, -0.1) is 0 Å². The SMILES string of the molecule is CC(NC(=O)NC1CCN(CC(N)=O)CC1)c1ccncc1. The standard InChI is InChI=1S/C15H23N5O2/c1-11(12-2-6-17-7-3-12)18-15(22)19-13-4-8-20(9-5-13)10-14(16)21/h2-3,6-7,11,13H,4-5,8-10H2,1H3,(H2,16,21)(H2,18,19,22). The minimum atomic E-state index is -0.310. The summed E-state index contributed by atoms with van der Waals surface area (Å²) in [4.78, 5) is 28.9. The fourth-order valence-corrected chi connectivity index (χ4v) is 2.61. The molecule has 0 saturated carbocycles. The molecule has 2 heterocycles. The molecule has 7 nitrogen and oxygen atoms in total. The van der Waals surface area contributed by atoms with Gasteiger partial charge in [-0.3, -0.25) is 14.7 Å². The Hall–Kier alpha value is -2.15. The van der Waals surface area contributed by atoms with Crippen molar-refractivity contribution < 1.29 is 9.59 Å². The van der Waals surface area contributed by atoms with Gasteiger partial charge in [0.1, 0.15) is 0 Å². The lowest BCUT2D eigenvalue weighted by Gasteiger charge is -2.31. The van der Waals surface area contributed by atoms with Crippen molar-refractivity contribution >= 4 is 11.9 Å². The highest BCUT2D eigenvalue weighted by Gasteiger charge is 2.21. The number of nitrogens with one attached hydrogen (secondary N) is 2. The van der Waals surface area contributed by atoms with Gasteiger partial charge in [0.2, 0.25) is 5.91 Å². The Bertz CT molecular complexity index is 500. The molecule has 3 amide bonds. The van der Waals surface area contributed by atoms with Gasteiger partial charge in [-0.1, -0.05) is 0 Å². The normalized spacial score (nSPS) is 17.7. The van der Waals surface area contributed by atoms with Gasteiger partial charge in [-0.05, 0) is 37.5 Å². The second-order valence-corrected chi connectivity index (χ2v) is 5.64. The first-order valence-corrected chi connectivity index (χ1v) is 7.52. The van der Waals surface area contributed by atoms with Crippen molar-refractivity contribution in [2.45, 2.75) is 31.8 Å². The molecule has 1 aromatic heterocycles. The van der Waals surface area contributed by atoms with Crippen LogP contribution in [0.2, 0.25) is 0 Å². The number of rotatable bonds is 5. The van der Waals surface area contributed by atoms with Gasteiger partial charge in [-0.25, -0.2) is 4.79 Å². The molecule has 1 aliphatic rings. The zero-order valence-corrected chi connectivity index (χ0v) is 12.8. The smallest absolute Gasteiger partial charge is 0.315 e. The van der Waals surface area contributed by atoms with E-state index < -0.39 is 0 Å². The van der Waals surface area contributed by atoms with Gasteiger partial charge in [0.05, 0.1) is 12.6 Å². The van der Waals surface area contributed by atoms with Crippen LogP contribution in [-0.4, -0.2) is 47.5 Å². The molecule has 0 radical (unpaired) electrons. The molecule has 1 saturated heterocycles. The Labute approximate surface area is 130 Å². The molecule has 120 valence electrons. The molecule has 1 fully saturated rings. The molecule has 0 spiro atoms. The molecule has 0 aliphatic carbocycles. The van der Waals surface area contributed by atoms with Crippen molar-refractivity contribution in [3.8, 4) is 0 Å². The predicted octanol–water partition coefficient (Wildman–Crippen LogP) is 0.392. The highest BCUT2D eigenvalue weighted by atomic mass is 16.2. The summed E-state index contributed by atoms with van der Waals surface area (Å²) in [5, 5.41) is 5.91. The van der Waals surface area contributed by atoms with Crippen molar-refractivity contribution in [3.05, 3.63) is 30.1 Å². The van der Waals surface area contributed by atoms with E-state index in [4.69, 9.17) is 5.73 Å². The van der Waals surface area contributed by atoms with Gasteiger partial charge in [-0.2, -0.15) is 0 Å². The maximum absolute atomic E-state index is 12.0. The van der Waals surface area contributed by atoms with Crippen LogP contribution in [0.3, 0.4) is 0 Å². The average molecular weight is 305 g/mol. The third-order valence-electron chi connectivity index (χ3n) is 3.86. The van der Waals surface area contributed by atoms with E-state index in [1.165, 1.54) is 0 Å². The number of carbonyl (C=O) groups excluding carboxylic acids is 2. The van der Waals surface area contributed by atoms with E-state index in [1.807, 2.05) is 24.0 Å². The second-order valence-electron chi connectivity index (χ2n) is 5.64. The van der Waals surface area contributed by atoms with Crippen molar-refractivity contribution in [2.75, 3.05) is 19.6 Å². The maximum atomic E-state index is 12.0. The first-order valence-electron chi connectivity index (χ1n) is 7.52. The molecule has 4 N–H and O–H groups in total. The van der Waals surface area contributed by atoms with Crippen LogP contribution in [0.25, 0.3) is 0 Å². The Morgan fingerprint density at radius 1 is 1.36 bits per heavy atom. The van der Waals surface area contributed by atoms with Crippen LogP contribution in [-0.2, 0) is 4.79 Å². The Morgan fingerprint density at radius 3 is 2.59 bits per heavy atom. The second kappa shape index (κ2) is 7.74. The van der Waals surface area contributed by atoms with Crippen LogP contribution in [0.1, 0.15) is 31.4 Å². The molecule has 22 heavy (non-hydrogen) atoms. The zero-order valence-electron chi connectivity index (χ0n) is 12.8. The maximum Gasteiger partial charge on any atom is 0.315 e. The number of urea groups is 1. The summed E-state index contributed by atoms with van der Waals surface area (Å²) in [7, 11) is 0. The monoisotopic (exact) mass is 305 g/mol. The van der Waals surface area contributed by atoms with Crippen LogP contribution in [0.5, 0.6) is 0 Å². The van der Waals surface area contributed by atoms with E-state index in [0.29, 0.717) is 0 Å². The van der Waals surface area contributed by atoms with Crippen LogP contribution < -0.4 is 16.4 Å². The molecule has 1 unspecified atom stereocenters.